The first kappa shape index (κ1) is 12.9. The van der Waals surface area contributed by atoms with Gasteiger partial charge in [0.15, 0.2) is 0 Å². The first-order valence-electron chi connectivity index (χ1n) is 5.33. The summed E-state index contributed by atoms with van der Waals surface area (Å²) in [5.41, 5.74) is 1.83. The van der Waals surface area contributed by atoms with Crippen LogP contribution in [0.2, 0.25) is 0 Å². The Kier molecular flexibility index (Phi) is 4.21. The summed E-state index contributed by atoms with van der Waals surface area (Å²) in [5, 5.41) is 2.90. The van der Waals surface area contributed by atoms with Crippen LogP contribution < -0.4 is 5.32 Å². The van der Waals surface area contributed by atoms with Gasteiger partial charge in [-0.1, -0.05) is 25.1 Å². The summed E-state index contributed by atoms with van der Waals surface area (Å²) in [6, 6.07) is 6.84. The lowest BCUT2D eigenvalue weighted by atomic mass is 10.1. The average molecular weight is 231 g/mol. The number of halogens is 3. The summed E-state index contributed by atoms with van der Waals surface area (Å²) < 4.78 is 36.5. The number of anilines is 1. The molecule has 0 saturated carbocycles. The van der Waals surface area contributed by atoms with Gasteiger partial charge in [0.05, 0.1) is 6.42 Å². The third kappa shape index (κ3) is 4.13. The minimum absolute atomic E-state index is 0.604. The number of hydrogen-bond acceptors (Lipinski definition) is 1. The Morgan fingerprint density at radius 1 is 1.25 bits per heavy atom. The number of alkyl halides is 3. The highest BCUT2D eigenvalue weighted by molar-refractivity contribution is 5.51. The zero-order valence-corrected chi connectivity index (χ0v) is 9.43. The van der Waals surface area contributed by atoms with Crippen molar-refractivity contribution < 1.29 is 13.2 Å². The maximum atomic E-state index is 12.2. The van der Waals surface area contributed by atoms with Crippen molar-refractivity contribution in [2.75, 3.05) is 5.32 Å². The highest BCUT2D eigenvalue weighted by Gasteiger charge is 2.29. The smallest absolute Gasteiger partial charge is 0.382 e. The van der Waals surface area contributed by atoms with E-state index in [0.29, 0.717) is 0 Å². The lowest BCUT2D eigenvalue weighted by Gasteiger charge is -2.18. The second-order valence-electron chi connectivity index (χ2n) is 3.88. The van der Waals surface area contributed by atoms with E-state index in [-0.39, 0.29) is 0 Å². The Hall–Kier alpha value is -1.19. The molecule has 0 spiro atoms. The molecule has 1 aromatic carbocycles. The molecule has 0 fully saturated rings. The molecule has 4 heteroatoms. The van der Waals surface area contributed by atoms with Gasteiger partial charge in [-0.15, -0.1) is 0 Å². The van der Waals surface area contributed by atoms with Gasteiger partial charge >= 0.3 is 6.18 Å². The molecule has 0 amide bonds. The number of rotatable bonds is 4. The quantitative estimate of drug-likeness (QED) is 0.825. The fourth-order valence-corrected chi connectivity index (χ4v) is 1.63. The molecule has 90 valence electrons. The molecule has 16 heavy (non-hydrogen) atoms. The highest BCUT2D eigenvalue weighted by Crippen LogP contribution is 2.24. The minimum atomic E-state index is -4.12. The Bertz CT molecular complexity index is 333. The van der Waals surface area contributed by atoms with E-state index < -0.39 is 18.6 Å². The van der Waals surface area contributed by atoms with Gasteiger partial charge < -0.3 is 5.32 Å². The highest BCUT2D eigenvalue weighted by atomic mass is 19.4. The molecule has 1 rings (SSSR count). The van der Waals surface area contributed by atoms with Crippen LogP contribution in [0.25, 0.3) is 0 Å². The minimum Gasteiger partial charge on any atom is -0.382 e. The lowest BCUT2D eigenvalue weighted by molar-refractivity contribution is -0.136. The van der Waals surface area contributed by atoms with Crippen LogP contribution in [0, 0.1) is 0 Å². The lowest BCUT2D eigenvalue weighted by Crippen LogP contribution is -2.24. The molecule has 0 aromatic heterocycles. The molecule has 1 N–H and O–H groups in total. The van der Waals surface area contributed by atoms with Crippen LogP contribution in [0.15, 0.2) is 24.3 Å². The van der Waals surface area contributed by atoms with Gasteiger partial charge in [-0.2, -0.15) is 13.2 Å². The molecule has 1 unspecified atom stereocenters. The second kappa shape index (κ2) is 5.23. The van der Waals surface area contributed by atoms with Crippen molar-refractivity contribution in [1.29, 1.82) is 0 Å². The molecule has 0 aliphatic heterocycles. The van der Waals surface area contributed by atoms with Crippen LogP contribution >= 0.6 is 0 Å². The van der Waals surface area contributed by atoms with Crippen LogP contribution in [-0.2, 0) is 6.42 Å². The molecule has 0 heterocycles. The van der Waals surface area contributed by atoms with E-state index in [1.54, 1.807) is 6.92 Å². The molecule has 0 aliphatic carbocycles. The largest absolute Gasteiger partial charge is 0.391 e. The third-order valence-corrected chi connectivity index (χ3v) is 2.34. The maximum absolute atomic E-state index is 12.2. The molecule has 0 bridgehead atoms. The molecule has 1 nitrogen and oxygen atoms in total. The SMILES string of the molecule is CCc1ccccc1NC(C)CC(F)(F)F. The van der Waals surface area contributed by atoms with Crippen molar-refractivity contribution >= 4 is 5.69 Å². The first-order valence-corrected chi connectivity index (χ1v) is 5.33. The van der Waals surface area contributed by atoms with Crippen molar-refractivity contribution in [2.45, 2.75) is 38.9 Å². The van der Waals surface area contributed by atoms with Crippen molar-refractivity contribution in [3.63, 3.8) is 0 Å². The Morgan fingerprint density at radius 2 is 1.88 bits per heavy atom. The number of nitrogens with one attached hydrogen (secondary N) is 1. The summed E-state index contributed by atoms with van der Waals surface area (Å²) in [6.45, 7) is 3.52. The van der Waals surface area contributed by atoms with E-state index >= 15 is 0 Å². The predicted molar refractivity (Wildman–Crippen MR) is 59.6 cm³/mol. The van der Waals surface area contributed by atoms with E-state index in [0.717, 1.165) is 17.7 Å². The molecular formula is C12H16F3N. The molecule has 1 aromatic rings. The summed E-state index contributed by atoms with van der Waals surface area (Å²) in [4.78, 5) is 0. The topological polar surface area (TPSA) is 12.0 Å². The van der Waals surface area contributed by atoms with Gasteiger partial charge in [-0.25, -0.2) is 0 Å². The standard InChI is InChI=1S/C12H16F3N/c1-3-10-6-4-5-7-11(10)16-9(2)8-12(13,14)15/h4-7,9,16H,3,8H2,1-2H3. The molecule has 0 aliphatic rings. The van der Waals surface area contributed by atoms with E-state index in [1.807, 2.05) is 31.2 Å². The third-order valence-electron chi connectivity index (χ3n) is 2.34. The fraction of sp³-hybridized carbons (Fsp3) is 0.500. The average Bonchev–Trinajstić information content (AvgIpc) is 2.15. The second-order valence-corrected chi connectivity index (χ2v) is 3.88. The van der Waals surface area contributed by atoms with Crippen molar-refractivity contribution in [3.05, 3.63) is 29.8 Å². The first-order chi connectivity index (χ1) is 7.42. The van der Waals surface area contributed by atoms with Crippen LogP contribution in [0.3, 0.4) is 0 Å². The summed E-state index contributed by atoms with van der Waals surface area (Å²) in [5.74, 6) is 0. The van der Waals surface area contributed by atoms with Gasteiger partial charge in [0, 0.05) is 11.7 Å². The Labute approximate surface area is 93.7 Å². The normalized spacial score (nSPS) is 13.6. The summed E-state index contributed by atoms with van der Waals surface area (Å²) in [7, 11) is 0. The zero-order valence-electron chi connectivity index (χ0n) is 9.43. The molecule has 0 radical (unpaired) electrons. The number of aryl methyl sites for hydroxylation is 1. The van der Waals surface area contributed by atoms with Gasteiger partial charge in [-0.3, -0.25) is 0 Å². The fourth-order valence-electron chi connectivity index (χ4n) is 1.63. The summed E-state index contributed by atoms with van der Waals surface area (Å²) >= 11 is 0. The van der Waals surface area contributed by atoms with Crippen LogP contribution in [0.4, 0.5) is 18.9 Å². The van der Waals surface area contributed by atoms with Gasteiger partial charge in [0.1, 0.15) is 0 Å². The Morgan fingerprint density at radius 3 is 2.44 bits per heavy atom. The van der Waals surface area contributed by atoms with E-state index in [2.05, 4.69) is 5.32 Å². The van der Waals surface area contributed by atoms with Crippen LogP contribution in [0.1, 0.15) is 25.8 Å². The van der Waals surface area contributed by atoms with Gasteiger partial charge in [-0.05, 0) is 25.0 Å². The summed E-state index contributed by atoms with van der Waals surface area (Å²) in [6.07, 6.45) is -4.12. The van der Waals surface area contributed by atoms with Crippen LogP contribution in [-0.4, -0.2) is 12.2 Å². The Balaban J connectivity index is 2.65. The van der Waals surface area contributed by atoms with E-state index in [1.165, 1.54) is 0 Å². The van der Waals surface area contributed by atoms with E-state index in [4.69, 9.17) is 0 Å². The zero-order chi connectivity index (χ0) is 12.2. The van der Waals surface area contributed by atoms with Crippen molar-refractivity contribution in [2.24, 2.45) is 0 Å². The van der Waals surface area contributed by atoms with Crippen molar-refractivity contribution in [3.8, 4) is 0 Å². The molecular weight excluding hydrogens is 215 g/mol. The van der Waals surface area contributed by atoms with Gasteiger partial charge in [0.2, 0.25) is 0 Å². The van der Waals surface area contributed by atoms with Crippen LogP contribution in [0.5, 0.6) is 0 Å². The number of para-hydroxylation sites is 1. The number of hydrogen-bond donors (Lipinski definition) is 1. The monoisotopic (exact) mass is 231 g/mol. The van der Waals surface area contributed by atoms with E-state index in [9.17, 15) is 13.2 Å². The maximum Gasteiger partial charge on any atom is 0.391 e. The van der Waals surface area contributed by atoms with Crippen molar-refractivity contribution in [1.82, 2.24) is 0 Å². The van der Waals surface area contributed by atoms with Gasteiger partial charge in [0.25, 0.3) is 0 Å². The number of benzene rings is 1. The predicted octanol–water partition coefficient (Wildman–Crippen LogP) is 4.00. The molecule has 0 saturated heterocycles. The molecule has 1 atom stereocenters.